The van der Waals surface area contributed by atoms with Gasteiger partial charge in [0.2, 0.25) is 0 Å². The molecule has 0 aromatic heterocycles. The van der Waals surface area contributed by atoms with E-state index in [9.17, 15) is 4.39 Å². The molecule has 0 aliphatic heterocycles. The third-order valence-corrected chi connectivity index (χ3v) is 7.13. The van der Waals surface area contributed by atoms with Gasteiger partial charge < -0.3 is 0 Å². The summed E-state index contributed by atoms with van der Waals surface area (Å²) in [5.41, 5.74) is 4.67. The van der Waals surface area contributed by atoms with E-state index in [1.807, 2.05) is 30.3 Å². The minimum absolute atomic E-state index is 0.190. The van der Waals surface area contributed by atoms with Gasteiger partial charge in [0.1, 0.15) is 5.82 Å². The molecule has 0 spiro atoms. The van der Waals surface area contributed by atoms with Crippen molar-refractivity contribution in [2.24, 2.45) is 0 Å². The zero-order chi connectivity index (χ0) is 23.4. The standard InChI is InChI=1S/C34H21F/c35-32-21-20-31(24-13-3-4-14-25(24)32)34-29-17-7-5-15-27(29)33(28-16-6-8-18-30(28)34)26-19-9-11-22-10-1-2-12-23(22)26/h1-21H. The van der Waals surface area contributed by atoms with Gasteiger partial charge in [-0.25, -0.2) is 4.39 Å². The second-order valence-corrected chi connectivity index (χ2v) is 9.01. The molecule has 7 aromatic carbocycles. The highest BCUT2D eigenvalue weighted by molar-refractivity contribution is 6.25. The Bertz CT molecular complexity index is 1850. The summed E-state index contributed by atoms with van der Waals surface area (Å²) in [4.78, 5) is 0. The summed E-state index contributed by atoms with van der Waals surface area (Å²) in [5.74, 6) is -0.190. The smallest absolute Gasteiger partial charge is 0.131 e. The Balaban J connectivity index is 1.70. The van der Waals surface area contributed by atoms with Gasteiger partial charge in [-0.15, -0.1) is 0 Å². The molecule has 0 nitrogen and oxygen atoms in total. The van der Waals surface area contributed by atoms with Crippen molar-refractivity contribution in [3.8, 4) is 22.3 Å². The van der Waals surface area contributed by atoms with E-state index in [4.69, 9.17) is 0 Å². The lowest BCUT2D eigenvalue weighted by Crippen LogP contribution is -1.93. The Labute approximate surface area is 202 Å². The molecule has 0 saturated carbocycles. The second kappa shape index (κ2) is 7.78. The predicted molar refractivity (Wildman–Crippen MR) is 147 cm³/mol. The van der Waals surface area contributed by atoms with E-state index in [0.717, 1.165) is 16.5 Å². The van der Waals surface area contributed by atoms with E-state index in [1.54, 1.807) is 6.07 Å². The van der Waals surface area contributed by atoms with Crippen molar-refractivity contribution in [3.63, 3.8) is 0 Å². The number of halogens is 1. The second-order valence-electron chi connectivity index (χ2n) is 9.01. The van der Waals surface area contributed by atoms with E-state index in [2.05, 4.69) is 91.0 Å². The molecule has 0 unspecified atom stereocenters. The van der Waals surface area contributed by atoms with Crippen LogP contribution in [-0.4, -0.2) is 0 Å². The van der Waals surface area contributed by atoms with Crippen molar-refractivity contribution < 1.29 is 4.39 Å². The van der Waals surface area contributed by atoms with E-state index >= 15 is 0 Å². The van der Waals surface area contributed by atoms with Crippen LogP contribution in [0.2, 0.25) is 0 Å². The molecule has 0 radical (unpaired) electrons. The summed E-state index contributed by atoms with van der Waals surface area (Å²) in [7, 11) is 0. The van der Waals surface area contributed by atoms with Gasteiger partial charge in [0.25, 0.3) is 0 Å². The highest BCUT2D eigenvalue weighted by Crippen LogP contribution is 2.46. The first-order chi connectivity index (χ1) is 17.3. The third kappa shape index (κ3) is 2.98. The molecule has 0 aliphatic carbocycles. The van der Waals surface area contributed by atoms with E-state index in [0.29, 0.717) is 5.39 Å². The first-order valence-electron chi connectivity index (χ1n) is 11.9. The van der Waals surface area contributed by atoms with Gasteiger partial charge in [0.05, 0.1) is 0 Å². The molecular formula is C34H21F. The molecule has 0 saturated heterocycles. The summed E-state index contributed by atoms with van der Waals surface area (Å²) in [6.45, 7) is 0. The molecule has 0 fully saturated rings. The molecule has 0 N–H and O–H groups in total. The van der Waals surface area contributed by atoms with Crippen LogP contribution in [0.1, 0.15) is 0 Å². The average molecular weight is 449 g/mol. The van der Waals surface area contributed by atoms with Crippen LogP contribution >= 0.6 is 0 Å². The van der Waals surface area contributed by atoms with Gasteiger partial charge >= 0.3 is 0 Å². The lowest BCUT2D eigenvalue weighted by Gasteiger charge is -2.19. The molecule has 0 heterocycles. The fourth-order valence-corrected chi connectivity index (χ4v) is 5.63. The lowest BCUT2D eigenvalue weighted by molar-refractivity contribution is 0.640. The zero-order valence-corrected chi connectivity index (χ0v) is 19.0. The quantitative estimate of drug-likeness (QED) is 0.231. The van der Waals surface area contributed by atoms with E-state index in [1.165, 1.54) is 43.4 Å². The van der Waals surface area contributed by atoms with Crippen molar-refractivity contribution >= 4 is 43.1 Å². The molecular weight excluding hydrogens is 427 g/mol. The first kappa shape index (κ1) is 19.9. The Kier molecular flexibility index (Phi) is 4.43. The van der Waals surface area contributed by atoms with Crippen LogP contribution in [0.3, 0.4) is 0 Å². The van der Waals surface area contributed by atoms with Crippen LogP contribution in [0.15, 0.2) is 127 Å². The fraction of sp³-hybridized carbons (Fsp3) is 0. The maximum absolute atomic E-state index is 14.7. The number of fused-ring (bicyclic) bond motifs is 4. The summed E-state index contributed by atoms with van der Waals surface area (Å²) >= 11 is 0. The fourth-order valence-electron chi connectivity index (χ4n) is 5.63. The Morgan fingerprint density at radius 1 is 0.314 bits per heavy atom. The van der Waals surface area contributed by atoms with Crippen molar-refractivity contribution in [1.82, 2.24) is 0 Å². The average Bonchev–Trinajstić information content (AvgIpc) is 2.92. The van der Waals surface area contributed by atoms with Gasteiger partial charge in [0.15, 0.2) is 0 Å². The highest BCUT2D eigenvalue weighted by atomic mass is 19.1. The van der Waals surface area contributed by atoms with Crippen LogP contribution < -0.4 is 0 Å². The summed E-state index contributed by atoms with van der Waals surface area (Å²) in [5, 5.41) is 8.79. The SMILES string of the molecule is Fc1ccc(-c2c3ccccc3c(-c3cccc4ccccc34)c3ccccc23)c2ccccc12. The topological polar surface area (TPSA) is 0 Å². The summed E-state index contributed by atoms with van der Waals surface area (Å²) in [6.07, 6.45) is 0. The van der Waals surface area contributed by atoms with Crippen LogP contribution in [-0.2, 0) is 0 Å². The molecule has 1 heteroatoms. The minimum Gasteiger partial charge on any atom is -0.206 e. The number of benzene rings is 7. The molecule has 0 atom stereocenters. The van der Waals surface area contributed by atoms with Crippen molar-refractivity contribution in [2.45, 2.75) is 0 Å². The maximum Gasteiger partial charge on any atom is 0.131 e. The van der Waals surface area contributed by atoms with Gasteiger partial charge in [-0.05, 0) is 66.0 Å². The number of hydrogen-bond acceptors (Lipinski definition) is 0. The molecule has 7 aromatic rings. The lowest BCUT2D eigenvalue weighted by atomic mass is 9.84. The molecule has 164 valence electrons. The third-order valence-electron chi connectivity index (χ3n) is 7.13. The first-order valence-corrected chi connectivity index (χ1v) is 11.9. The van der Waals surface area contributed by atoms with Gasteiger partial charge in [-0.1, -0.05) is 121 Å². The van der Waals surface area contributed by atoms with E-state index < -0.39 is 0 Å². The largest absolute Gasteiger partial charge is 0.206 e. The molecule has 0 bridgehead atoms. The summed E-state index contributed by atoms with van der Waals surface area (Å²) < 4.78 is 14.7. The number of hydrogen-bond donors (Lipinski definition) is 0. The normalized spacial score (nSPS) is 11.6. The maximum atomic E-state index is 14.7. The van der Waals surface area contributed by atoms with Gasteiger partial charge in [-0.2, -0.15) is 0 Å². The van der Waals surface area contributed by atoms with Crippen molar-refractivity contribution in [2.75, 3.05) is 0 Å². The van der Waals surface area contributed by atoms with Crippen LogP contribution in [0.5, 0.6) is 0 Å². The highest BCUT2D eigenvalue weighted by Gasteiger charge is 2.19. The molecule has 0 amide bonds. The Morgan fingerprint density at radius 2 is 0.743 bits per heavy atom. The predicted octanol–water partition coefficient (Wildman–Crippen LogP) is 9.77. The minimum atomic E-state index is -0.190. The molecule has 0 aliphatic rings. The van der Waals surface area contributed by atoms with Crippen LogP contribution in [0.4, 0.5) is 4.39 Å². The Morgan fingerprint density at radius 3 is 1.34 bits per heavy atom. The number of rotatable bonds is 2. The van der Waals surface area contributed by atoms with Crippen LogP contribution in [0.25, 0.3) is 65.3 Å². The van der Waals surface area contributed by atoms with E-state index in [-0.39, 0.29) is 5.82 Å². The molecule has 35 heavy (non-hydrogen) atoms. The van der Waals surface area contributed by atoms with Crippen molar-refractivity contribution in [3.05, 3.63) is 133 Å². The van der Waals surface area contributed by atoms with Crippen LogP contribution in [0, 0.1) is 5.82 Å². The Hall–Kier alpha value is -4.49. The van der Waals surface area contributed by atoms with Crippen molar-refractivity contribution in [1.29, 1.82) is 0 Å². The van der Waals surface area contributed by atoms with Gasteiger partial charge in [0, 0.05) is 5.39 Å². The summed E-state index contributed by atoms with van der Waals surface area (Å²) in [6, 6.07) is 43.6. The molecule has 7 rings (SSSR count). The zero-order valence-electron chi connectivity index (χ0n) is 19.0. The van der Waals surface area contributed by atoms with Gasteiger partial charge in [-0.3, -0.25) is 0 Å². The monoisotopic (exact) mass is 448 g/mol.